The Kier molecular flexibility index (Phi) is 2.32. The zero-order chi connectivity index (χ0) is 9.14. The molecule has 0 aliphatic carbocycles. The Morgan fingerprint density at radius 2 is 2.50 bits per heavy atom. The van der Waals surface area contributed by atoms with Crippen molar-refractivity contribution in [2.75, 3.05) is 0 Å². The van der Waals surface area contributed by atoms with E-state index in [-0.39, 0.29) is 6.54 Å². The Hall–Kier alpha value is -1.52. The number of amides is 1. The maximum atomic E-state index is 10.1. The highest BCUT2D eigenvalue weighted by Crippen LogP contribution is 1.99. The molecule has 0 bridgehead atoms. The van der Waals surface area contributed by atoms with Crippen molar-refractivity contribution in [3.63, 3.8) is 0 Å². The van der Waals surface area contributed by atoms with Gasteiger partial charge in [-0.15, -0.1) is 0 Å². The average molecular weight is 169 g/mol. The van der Waals surface area contributed by atoms with E-state index < -0.39 is 6.09 Å². The summed E-state index contributed by atoms with van der Waals surface area (Å²) < 4.78 is 1.71. The second-order valence-corrected chi connectivity index (χ2v) is 2.56. The zero-order valence-corrected chi connectivity index (χ0v) is 7.03. The average Bonchev–Trinajstić information content (AvgIpc) is 2.28. The lowest BCUT2D eigenvalue weighted by Crippen LogP contribution is -2.20. The molecule has 1 rings (SSSR count). The molecule has 0 atom stereocenters. The van der Waals surface area contributed by atoms with Crippen LogP contribution in [0.3, 0.4) is 0 Å². The van der Waals surface area contributed by atoms with Crippen molar-refractivity contribution >= 4 is 6.09 Å². The van der Waals surface area contributed by atoms with Crippen LogP contribution in [-0.2, 0) is 13.6 Å². The lowest BCUT2D eigenvalue weighted by Gasteiger charge is -1.94. The van der Waals surface area contributed by atoms with Gasteiger partial charge in [0.1, 0.15) is 0 Å². The van der Waals surface area contributed by atoms with Gasteiger partial charge in [0.15, 0.2) is 0 Å². The Balaban J connectivity index is 2.58. The Bertz CT molecular complexity index is 273. The van der Waals surface area contributed by atoms with Crippen LogP contribution >= 0.6 is 0 Å². The van der Waals surface area contributed by atoms with E-state index >= 15 is 0 Å². The summed E-state index contributed by atoms with van der Waals surface area (Å²) in [5.41, 5.74) is 1.74. The van der Waals surface area contributed by atoms with Gasteiger partial charge < -0.3 is 10.4 Å². The molecule has 0 unspecified atom stereocenters. The first kappa shape index (κ1) is 8.58. The van der Waals surface area contributed by atoms with Gasteiger partial charge in [0.2, 0.25) is 0 Å². The molecule has 0 saturated heterocycles. The van der Waals surface area contributed by atoms with Crippen LogP contribution in [0.25, 0.3) is 0 Å². The number of carbonyl (C=O) groups is 1. The summed E-state index contributed by atoms with van der Waals surface area (Å²) >= 11 is 0. The second kappa shape index (κ2) is 3.25. The SMILES string of the molecule is Cc1cc(CNC(=O)O)nn1C. The quantitative estimate of drug-likeness (QED) is 0.677. The molecule has 0 aliphatic heterocycles. The third kappa shape index (κ3) is 1.98. The summed E-state index contributed by atoms with van der Waals surface area (Å²) in [4.78, 5) is 10.1. The summed E-state index contributed by atoms with van der Waals surface area (Å²) in [6.45, 7) is 2.17. The molecule has 12 heavy (non-hydrogen) atoms. The first-order valence-electron chi connectivity index (χ1n) is 3.56. The maximum Gasteiger partial charge on any atom is 0.404 e. The van der Waals surface area contributed by atoms with E-state index in [9.17, 15) is 4.79 Å². The fraction of sp³-hybridized carbons (Fsp3) is 0.429. The lowest BCUT2D eigenvalue weighted by molar-refractivity contribution is 0.194. The van der Waals surface area contributed by atoms with Crippen LogP contribution in [0.5, 0.6) is 0 Å². The molecular formula is C7H11N3O2. The van der Waals surface area contributed by atoms with Gasteiger partial charge in [-0.05, 0) is 13.0 Å². The number of aromatic nitrogens is 2. The minimum absolute atomic E-state index is 0.261. The molecule has 1 amide bonds. The molecular weight excluding hydrogens is 158 g/mol. The fourth-order valence-electron chi connectivity index (χ4n) is 0.888. The third-order valence-electron chi connectivity index (χ3n) is 1.59. The predicted octanol–water partition coefficient (Wildman–Crippen LogP) is 0.496. The molecule has 0 saturated carbocycles. The van der Waals surface area contributed by atoms with E-state index in [2.05, 4.69) is 10.4 Å². The van der Waals surface area contributed by atoms with Crippen molar-refractivity contribution in [1.82, 2.24) is 15.1 Å². The molecule has 2 N–H and O–H groups in total. The normalized spacial score (nSPS) is 9.83. The predicted molar refractivity (Wildman–Crippen MR) is 42.8 cm³/mol. The number of aryl methyl sites for hydroxylation is 2. The van der Waals surface area contributed by atoms with E-state index in [0.717, 1.165) is 11.4 Å². The molecule has 0 spiro atoms. The number of carboxylic acid groups (broad SMARTS) is 1. The lowest BCUT2D eigenvalue weighted by atomic mass is 10.4. The summed E-state index contributed by atoms with van der Waals surface area (Å²) in [5.74, 6) is 0. The van der Waals surface area contributed by atoms with Gasteiger partial charge in [-0.3, -0.25) is 4.68 Å². The highest BCUT2D eigenvalue weighted by molar-refractivity contribution is 5.64. The van der Waals surface area contributed by atoms with Crippen LogP contribution in [0.2, 0.25) is 0 Å². The van der Waals surface area contributed by atoms with Gasteiger partial charge in [0.25, 0.3) is 0 Å². The molecule has 66 valence electrons. The van der Waals surface area contributed by atoms with Crippen LogP contribution in [0.15, 0.2) is 6.07 Å². The van der Waals surface area contributed by atoms with Gasteiger partial charge in [0, 0.05) is 12.7 Å². The monoisotopic (exact) mass is 169 g/mol. The van der Waals surface area contributed by atoms with Crippen molar-refractivity contribution in [2.24, 2.45) is 7.05 Å². The molecule has 0 aromatic carbocycles. The summed E-state index contributed by atoms with van der Waals surface area (Å²) in [5, 5.41) is 14.6. The van der Waals surface area contributed by atoms with Gasteiger partial charge in [-0.25, -0.2) is 4.79 Å². The minimum Gasteiger partial charge on any atom is -0.465 e. The van der Waals surface area contributed by atoms with Crippen LogP contribution < -0.4 is 5.32 Å². The number of nitrogens with zero attached hydrogens (tertiary/aromatic N) is 2. The largest absolute Gasteiger partial charge is 0.465 e. The summed E-state index contributed by atoms with van der Waals surface area (Å²) in [7, 11) is 1.82. The number of hydrogen-bond donors (Lipinski definition) is 2. The first-order valence-corrected chi connectivity index (χ1v) is 3.56. The van der Waals surface area contributed by atoms with Crippen molar-refractivity contribution in [3.05, 3.63) is 17.5 Å². The van der Waals surface area contributed by atoms with Crippen molar-refractivity contribution in [3.8, 4) is 0 Å². The molecule has 1 aromatic heterocycles. The van der Waals surface area contributed by atoms with Crippen LogP contribution in [0.1, 0.15) is 11.4 Å². The third-order valence-corrected chi connectivity index (χ3v) is 1.59. The van der Waals surface area contributed by atoms with Gasteiger partial charge in [0.05, 0.1) is 12.2 Å². The van der Waals surface area contributed by atoms with Crippen molar-refractivity contribution < 1.29 is 9.90 Å². The molecule has 0 fully saturated rings. The minimum atomic E-state index is -1.03. The Labute approximate surface area is 70.0 Å². The Morgan fingerprint density at radius 3 is 2.92 bits per heavy atom. The van der Waals surface area contributed by atoms with Crippen LogP contribution in [0.4, 0.5) is 4.79 Å². The summed E-state index contributed by atoms with van der Waals surface area (Å²) in [6, 6.07) is 1.84. The number of nitrogens with one attached hydrogen (secondary N) is 1. The maximum absolute atomic E-state index is 10.1. The van der Waals surface area contributed by atoms with Gasteiger partial charge >= 0.3 is 6.09 Å². The van der Waals surface area contributed by atoms with Crippen LogP contribution in [0, 0.1) is 6.92 Å². The molecule has 0 aliphatic rings. The number of rotatable bonds is 2. The van der Waals surface area contributed by atoms with E-state index in [1.54, 1.807) is 4.68 Å². The highest BCUT2D eigenvalue weighted by atomic mass is 16.4. The van der Waals surface area contributed by atoms with E-state index in [0.29, 0.717) is 0 Å². The second-order valence-electron chi connectivity index (χ2n) is 2.56. The fourth-order valence-corrected chi connectivity index (χ4v) is 0.888. The standard InChI is InChI=1S/C7H11N3O2/c1-5-3-6(9-10(5)2)4-8-7(11)12/h3,8H,4H2,1-2H3,(H,11,12). The smallest absolute Gasteiger partial charge is 0.404 e. The Morgan fingerprint density at radius 1 is 1.83 bits per heavy atom. The van der Waals surface area contributed by atoms with Crippen molar-refractivity contribution in [1.29, 1.82) is 0 Å². The van der Waals surface area contributed by atoms with E-state index in [1.165, 1.54) is 0 Å². The zero-order valence-electron chi connectivity index (χ0n) is 7.03. The first-order chi connectivity index (χ1) is 5.59. The van der Waals surface area contributed by atoms with E-state index in [4.69, 9.17) is 5.11 Å². The van der Waals surface area contributed by atoms with Crippen molar-refractivity contribution in [2.45, 2.75) is 13.5 Å². The highest BCUT2D eigenvalue weighted by Gasteiger charge is 2.01. The van der Waals surface area contributed by atoms with Gasteiger partial charge in [-0.1, -0.05) is 0 Å². The summed E-state index contributed by atoms with van der Waals surface area (Å²) in [6.07, 6.45) is -1.03. The number of hydrogen-bond acceptors (Lipinski definition) is 2. The molecule has 5 nitrogen and oxygen atoms in total. The van der Waals surface area contributed by atoms with Crippen LogP contribution in [-0.4, -0.2) is 21.0 Å². The molecule has 1 heterocycles. The topological polar surface area (TPSA) is 67.2 Å². The van der Waals surface area contributed by atoms with Gasteiger partial charge in [-0.2, -0.15) is 5.10 Å². The molecule has 5 heteroatoms. The van der Waals surface area contributed by atoms with E-state index in [1.807, 2.05) is 20.0 Å². The molecule has 0 radical (unpaired) electrons. The molecule has 1 aromatic rings.